The second kappa shape index (κ2) is 9.04. The fraction of sp³-hybridized carbons (Fsp3) is 0.292. The number of amides is 1. The minimum absolute atomic E-state index is 0.115. The number of hydrogen-bond donors (Lipinski definition) is 1. The zero-order chi connectivity index (χ0) is 21.8. The van der Waals surface area contributed by atoms with E-state index in [1.54, 1.807) is 12.1 Å². The van der Waals surface area contributed by atoms with E-state index in [4.69, 9.17) is 14.2 Å². The summed E-state index contributed by atoms with van der Waals surface area (Å²) in [5.74, 6) is 0.450. The van der Waals surface area contributed by atoms with E-state index in [-0.39, 0.29) is 30.2 Å². The SMILES string of the molecule is CC(C)[C@@H](NC(=O)COC(=O)c1ccc2ccccc2n1)c1ccc2c(c1)OCCO2. The highest BCUT2D eigenvalue weighted by molar-refractivity contribution is 5.92. The molecule has 2 aromatic carbocycles. The van der Waals surface area contributed by atoms with Gasteiger partial charge in [0.1, 0.15) is 18.9 Å². The number of rotatable bonds is 6. The Morgan fingerprint density at radius 3 is 2.61 bits per heavy atom. The molecule has 2 heterocycles. The molecule has 7 heteroatoms. The van der Waals surface area contributed by atoms with E-state index in [0.717, 1.165) is 10.9 Å². The van der Waals surface area contributed by atoms with Crippen LogP contribution in [0.2, 0.25) is 0 Å². The van der Waals surface area contributed by atoms with Gasteiger partial charge in [-0.05, 0) is 35.7 Å². The van der Waals surface area contributed by atoms with Gasteiger partial charge in [0.25, 0.3) is 5.91 Å². The first-order valence-electron chi connectivity index (χ1n) is 10.2. The molecule has 160 valence electrons. The van der Waals surface area contributed by atoms with E-state index in [9.17, 15) is 9.59 Å². The Bertz CT molecular complexity index is 1110. The van der Waals surface area contributed by atoms with Gasteiger partial charge in [-0.2, -0.15) is 0 Å². The van der Waals surface area contributed by atoms with Crippen molar-refractivity contribution in [2.45, 2.75) is 19.9 Å². The standard InChI is InChI=1S/C24H24N2O5/c1-15(2)23(17-8-10-20-21(13-17)30-12-11-29-20)26-22(27)14-31-24(28)19-9-7-16-5-3-4-6-18(16)25-19/h3-10,13,15,23H,11-12,14H2,1-2H3,(H,26,27)/t23-/m1/s1. The molecule has 0 saturated heterocycles. The van der Waals surface area contributed by atoms with Gasteiger partial charge in [0.2, 0.25) is 0 Å². The van der Waals surface area contributed by atoms with Gasteiger partial charge in [0.05, 0.1) is 11.6 Å². The number of ether oxygens (including phenoxy) is 3. The van der Waals surface area contributed by atoms with Gasteiger partial charge in [-0.3, -0.25) is 4.79 Å². The van der Waals surface area contributed by atoms with Crippen LogP contribution in [-0.2, 0) is 9.53 Å². The number of carbonyl (C=O) groups is 2. The Hall–Kier alpha value is -3.61. The van der Waals surface area contributed by atoms with Crippen LogP contribution in [0.5, 0.6) is 11.5 Å². The molecule has 0 unspecified atom stereocenters. The highest BCUT2D eigenvalue weighted by Crippen LogP contribution is 2.34. The van der Waals surface area contributed by atoms with E-state index in [1.165, 1.54) is 0 Å². The second-order valence-electron chi connectivity index (χ2n) is 7.66. The number of fused-ring (bicyclic) bond motifs is 2. The molecular formula is C24H24N2O5. The number of pyridine rings is 1. The molecule has 1 N–H and O–H groups in total. The summed E-state index contributed by atoms with van der Waals surface area (Å²) in [7, 11) is 0. The Kier molecular flexibility index (Phi) is 6.02. The number of benzene rings is 2. The maximum atomic E-state index is 12.5. The smallest absolute Gasteiger partial charge is 0.357 e. The number of para-hydroxylation sites is 1. The minimum atomic E-state index is -0.638. The average Bonchev–Trinajstić information content (AvgIpc) is 2.80. The average molecular weight is 420 g/mol. The molecular weight excluding hydrogens is 396 g/mol. The van der Waals surface area contributed by atoms with Crippen molar-refractivity contribution in [3.8, 4) is 11.5 Å². The van der Waals surface area contributed by atoms with Crippen LogP contribution in [0.1, 0.15) is 35.9 Å². The number of nitrogens with zero attached hydrogens (tertiary/aromatic N) is 1. The van der Waals surface area contributed by atoms with Crippen LogP contribution in [0.3, 0.4) is 0 Å². The molecule has 1 aliphatic rings. The molecule has 1 aromatic heterocycles. The molecule has 3 aromatic rings. The predicted octanol–water partition coefficient (Wildman–Crippen LogP) is 3.68. The summed E-state index contributed by atoms with van der Waals surface area (Å²) in [4.78, 5) is 29.1. The van der Waals surface area contributed by atoms with Crippen LogP contribution in [0, 0.1) is 5.92 Å². The molecule has 1 atom stereocenters. The molecule has 0 saturated carbocycles. The molecule has 0 bridgehead atoms. The van der Waals surface area contributed by atoms with Crippen LogP contribution in [0.4, 0.5) is 0 Å². The summed E-state index contributed by atoms with van der Waals surface area (Å²) in [5, 5.41) is 3.87. The first kappa shape index (κ1) is 20.7. The van der Waals surface area contributed by atoms with E-state index >= 15 is 0 Å². The summed E-state index contributed by atoms with van der Waals surface area (Å²) < 4.78 is 16.4. The van der Waals surface area contributed by atoms with Crippen molar-refractivity contribution in [2.75, 3.05) is 19.8 Å². The lowest BCUT2D eigenvalue weighted by Crippen LogP contribution is -2.35. The quantitative estimate of drug-likeness (QED) is 0.612. The number of esters is 1. The second-order valence-corrected chi connectivity index (χ2v) is 7.66. The Labute approximate surface area is 180 Å². The van der Waals surface area contributed by atoms with E-state index in [1.807, 2.05) is 56.3 Å². The van der Waals surface area contributed by atoms with Crippen molar-refractivity contribution in [3.05, 3.63) is 65.9 Å². The molecule has 0 spiro atoms. The van der Waals surface area contributed by atoms with Crippen molar-refractivity contribution in [2.24, 2.45) is 5.92 Å². The van der Waals surface area contributed by atoms with Crippen LogP contribution in [0.15, 0.2) is 54.6 Å². The van der Waals surface area contributed by atoms with Crippen LogP contribution >= 0.6 is 0 Å². The van der Waals surface area contributed by atoms with Gasteiger partial charge in [-0.25, -0.2) is 9.78 Å². The fourth-order valence-electron chi connectivity index (χ4n) is 3.49. The van der Waals surface area contributed by atoms with E-state index in [0.29, 0.717) is 30.2 Å². The maximum Gasteiger partial charge on any atom is 0.357 e. The van der Waals surface area contributed by atoms with Gasteiger partial charge < -0.3 is 19.5 Å². The Morgan fingerprint density at radius 1 is 1.03 bits per heavy atom. The molecule has 7 nitrogen and oxygen atoms in total. The van der Waals surface area contributed by atoms with Crippen molar-refractivity contribution >= 4 is 22.8 Å². The first-order valence-corrected chi connectivity index (χ1v) is 10.2. The van der Waals surface area contributed by atoms with Gasteiger partial charge in [0.15, 0.2) is 18.1 Å². The molecule has 4 rings (SSSR count). The predicted molar refractivity (Wildman–Crippen MR) is 115 cm³/mol. The zero-order valence-electron chi connectivity index (χ0n) is 17.5. The third kappa shape index (κ3) is 4.77. The van der Waals surface area contributed by atoms with Crippen LogP contribution < -0.4 is 14.8 Å². The first-order chi connectivity index (χ1) is 15.0. The highest BCUT2D eigenvalue weighted by atomic mass is 16.6. The Balaban J connectivity index is 1.39. The lowest BCUT2D eigenvalue weighted by Gasteiger charge is -2.25. The summed E-state index contributed by atoms with van der Waals surface area (Å²) in [5.41, 5.74) is 1.76. The molecule has 0 fully saturated rings. The topological polar surface area (TPSA) is 86.8 Å². The van der Waals surface area contributed by atoms with E-state index in [2.05, 4.69) is 10.3 Å². The van der Waals surface area contributed by atoms with Crippen molar-refractivity contribution in [1.29, 1.82) is 0 Å². The third-order valence-corrected chi connectivity index (χ3v) is 5.05. The summed E-state index contributed by atoms with van der Waals surface area (Å²) >= 11 is 0. The number of aromatic nitrogens is 1. The van der Waals surface area contributed by atoms with Crippen LogP contribution in [0.25, 0.3) is 10.9 Å². The van der Waals surface area contributed by atoms with Gasteiger partial charge in [-0.15, -0.1) is 0 Å². The van der Waals surface area contributed by atoms with Gasteiger partial charge in [-0.1, -0.05) is 44.2 Å². The van der Waals surface area contributed by atoms with E-state index < -0.39 is 5.97 Å². The third-order valence-electron chi connectivity index (χ3n) is 5.05. The fourth-order valence-corrected chi connectivity index (χ4v) is 3.49. The number of hydrogen-bond acceptors (Lipinski definition) is 6. The lowest BCUT2D eigenvalue weighted by molar-refractivity contribution is -0.125. The molecule has 0 aliphatic carbocycles. The largest absolute Gasteiger partial charge is 0.486 e. The summed E-state index contributed by atoms with van der Waals surface area (Å²) in [6, 6.07) is 16.2. The van der Waals surface area contributed by atoms with Gasteiger partial charge in [0, 0.05) is 5.39 Å². The zero-order valence-corrected chi connectivity index (χ0v) is 17.5. The number of nitrogens with one attached hydrogen (secondary N) is 1. The molecule has 1 aliphatic heterocycles. The molecule has 31 heavy (non-hydrogen) atoms. The highest BCUT2D eigenvalue weighted by Gasteiger charge is 2.22. The number of carbonyl (C=O) groups excluding carboxylic acids is 2. The van der Waals surface area contributed by atoms with Crippen molar-refractivity contribution in [1.82, 2.24) is 10.3 Å². The normalized spacial score (nSPS) is 13.6. The maximum absolute atomic E-state index is 12.5. The van der Waals surface area contributed by atoms with Gasteiger partial charge >= 0.3 is 5.97 Å². The van der Waals surface area contributed by atoms with Crippen LogP contribution in [-0.4, -0.2) is 36.7 Å². The lowest BCUT2D eigenvalue weighted by atomic mass is 9.95. The summed E-state index contributed by atoms with van der Waals surface area (Å²) in [6.07, 6.45) is 0. The van der Waals surface area contributed by atoms with Crippen molar-refractivity contribution < 1.29 is 23.8 Å². The molecule has 1 amide bonds. The molecule has 0 radical (unpaired) electrons. The van der Waals surface area contributed by atoms with Crippen molar-refractivity contribution in [3.63, 3.8) is 0 Å². The minimum Gasteiger partial charge on any atom is -0.486 e. The Morgan fingerprint density at radius 2 is 1.81 bits per heavy atom. The summed E-state index contributed by atoms with van der Waals surface area (Å²) in [6.45, 7) is 4.64. The monoisotopic (exact) mass is 420 g/mol.